The largest absolute Gasteiger partial charge is 0.496 e. The van der Waals surface area contributed by atoms with Crippen LogP contribution in [0.2, 0.25) is 0 Å². The summed E-state index contributed by atoms with van der Waals surface area (Å²) in [7, 11) is 1.68. The molecule has 0 aliphatic carbocycles. The second-order valence-corrected chi connectivity index (χ2v) is 7.31. The third kappa shape index (κ3) is 2.79. The summed E-state index contributed by atoms with van der Waals surface area (Å²) in [6.45, 7) is 6.73. The average molecular weight is 350 g/mol. The SMILES string of the molecule is COc1ccccc1-c1nc(C(C)(C)C)cn1-c1ccc2c(c1)OCO2. The number of para-hydroxylation sites is 1. The highest BCUT2D eigenvalue weighted by Gasteiger charge is 2.23. The number of hydrogen-bond donors (Lipinski definition) is 0. The summed E-state index contributed by atoms with van der Waals surface area (Å²) >= 11 is 0. The molecule has 0 radical (unpaired) electrons. The maximum atomic E-state index is 5.56. The van der Waals surface area contributed by atoms with Crippen LogP contribution in [-0.2, 0) is 5.41 Å². The molecule has 0 saturated carbocycles. The number of ether oxygens (including phenoxy) is 3. The van der Waals surface area contributed by atoms with Gasteiger partial charge in [-0.15, -0.1) is 0 Å². The second kappa shape index (κ2) is 6.09. The number of nitrogens with zero attached hydrogens (tertiary/aromatic N) is 2. The van der Waals surface area contributed by atoms with Gasteiger partial charge in [0.25, 0.3) is 0 Å². The number of fused-ring (bicyclic) bond motifs is 1. The zero-order valence-electron chi connectivity index (χ0n) is 15.4. The van der Waals surface area contributed by atoms with Crippen LogP contribution in [0.5, 0.6) is 17.2 Å². The molecule has 4 rings (SSSR count). The normalized spacial score (nSPS) is 13.1. The Bertz CT molecular complexity index is 954. The number of benzene rings is 2. The van der Waals surface area contributed by atoms with Crippen LogP contribution in [0.1, 0.15) is 26.5 Å². The van der Waals surface area contributed by atoms with Crippen molar-refractivity contribution in [2.24, 2.45) is 0 Å². The lowest BCUT2D eigenvalue weighted by Crippen LogP contribution is -2.11. The van der Waals surface area contributed by atoms with Crippen molar-refractivity contribution in [3.8, 4) is 34.3 Å². The van der Waals surface area contributed by atoms with E-state index in [0.29, 0.717) is 0 Å². The van der Waals surface area contributed by atoms with Gasteiger partial charge in [0, 0.05) is 17.7 Å². The smallest absolute Gasteiger partial charge is 0.231 e. The van der Waals surface area contributed by atoms with Crippen molar-refractivity contribution >= 4 is 0 Å². The molecule has 0 bridgehead atoms. The van der Waals surface area contributed by atoms with Gasteiger partial charge >= 0.3 is 0 Å². The zero-order chi connectivity index (χ0) is 18.3. The topological polar surface area (TPSA) is 45.5 Å². The van der Waals surface area contributed by atoms with Crippen molar-refractivity contribution in [3.05, 3.63) is 54.4 Å². The highest BCUT2D eigenvalue weighted by molar-refractivity contribution is 5.67. The predicted molar refractivity (Wildman–Crippen MR) is 100 cm³/mol. The lowest BCUT2D eigenvalue weighted by molar-refractivity contribution is 0.174. The van der Waals surface area contributed by atoms with Gasteiger partial charge in [0.2, 0.25) is 6.79 Å². The van der Waals surface area contributed by atoms with Crippen LogP contribution in [0.15, 0.2) is 48.7 Å². The summed E-state index contributed by atoms with van der Waals surface area (Å²) in [6.07, 6.45) is 2.08. The van der Waals surface area contributed by atoms with E-state index in [0.717, 1.165) is 40.0 Å². The standard InChI is InChI=1S/C21H22N2O3/c1-21(2,3)19-12-23(14-9-10-17-18(11-14)26-13-25-17)20(22-19)15-7-5-6-8-16(15)24-4/h5-12H,13H2,1-4H3. The van der Waals surface area contributed by atoms with Gasteiger partial charge < -0.3 is 14.2 Å². The summed E-state index contributed by atoms with van der Waals surface area (Å²) in [6, 6.07) is 13.9. The van der Waals surface area contributed by atoms with E-state index < -0.39 is 0 Å². The predicted octanol–water partition coefficient (Wildman–Crippen LogP) is 4.57. The van der Waals surface area contributed by atoms with Crippen molar-refractivity contribution in [1.29, 1.82) is 0 Å². The lowest BCUT2D eigenvalue weighted by Gasteiger charge is -2.14. The summed E-state index contributed by atoms with van der Waals surface area (Å²) in [4.78, 5) is 4.94. The molecule has 0 saturated heterocycles. The molecule has 5 heteroatoms. The van der Waals surface area contributed by atoms with Crippen LogP contribution in [0.3, 0.4) is 0 Å². The van der Waals surface area contributed by atoms with Crippen LogP contribution in [0, 0.1) is 0 Å². The van der Waals surface area contributed by atoms with Crippen molar-refractivity contribution in [3.63, 3.8) is 0 Å². The van der Waals surface area contributed by atoms with Crippen LogP contribution in [0.4, 0.5) is 0 Å². The Kier molecular flexibility index (Phi) is 3.87. The molecule has 5 nitrogen and oxygen atoms in total. The third-order valence-electron chi connectivity index (χ3n) is 4.46. The molecule has 1 aliphatic rings. The molecule has 3 aromatic rings. The van der Waals surface area contributed by atoms with E-state index in [1.54, 1.807) is 7.11 Å². The Balaban J connectivity index is 1.92. The molecule has 1 aromatic heterocycles. The minimum Gasteiger partial charge on any atom is -0.496 e. The van der Waals surface area contributed by atoms with Gasteiger partial charge in [-0.3, -0.25) is 4.57 Å². The fraction of sp³-hybridized carbons (Fsp3) is 0.286. The number of rotatable bonds is 3. The fourth-order valence-electron chi connectivity index (χ4n) is 2.99. The first-order valence-electron chi connectivity index (χ1n) is 8.60. The lowest BCUT2D eigenvalue weighted by atomic mass is 9.93. The third-order valence-corrected chi connectivity index (χ3v) is 4.46. The molecular weight excluding hydrogens is 328 g/mol. The maximum absolute atomic E-state index is 5.56. The van der Waals surface area contributed by atoms with Gasteiger partial charge in [-0.2, -0.15) is 0 Å². The van der Waals surface area contributed by atoms with Gasteiger partial charge in [0.1, 0.15) is 11.6 Å². The first-order valence-corrected chi connectivity index (χ1v) is 8.60. The van der Waals surface area contributed by atoms with Gasteiger partial charge in [0.05, 0.1) is 24.1 Å². The minimum absolute atomic E-state index is 0.0711. The molecular formula is C21H22N2O3. The van der Waals surface area contributed by atoms with Gasteiger partial charge in [-0.1, -0.05) is 32.9 Å². The quantitative estimate of drug-likeness (QED) is 0.694. The molecule has 0 fully saturated rings. The Labute approximate surface area is 153 Å². The van der Waals surface area contributed by atoms with E-state index in [4.69, 9.17) is 19.2 Å². The Hall–Kier alpha value is -2.95. The summed E-state index contributed by atoms with van der Waals surface area (Å²) < 4.78 is 18.6. The second-order valence-electron chi connectivity index (χ2n) is 7.31. The van der Waals surface area contributed by atoms with Crippen molar-refractivity contribution in [2.75, 3.05) is 13.9 Å². The van der Waals surface area contributed by atoms with Crippen LogP contribution >= 0.6 is 0 Å². The molecule has 0 spiro atoms. The Morgan fingerprint density at radius 1 is 1.04 bits per heavy atom. The summed E-state index contributed by atoms with van der Waals surface area (Å²) in [5, 5.41) is 0. The first-order chi connectivity index (χ1) is 12.5. The van der Waals surface area contributed by atoms with Gasteiger partial charge in [-0.25, -0.2) is 4.98 Å². The van der Waals surface area contributed by atoms with E-state index >= 15 is 0 Å². The highest BCUT2D eigenvalue weighted by Crippen LogP contribution is 2.37. The number of imidazole rings is 1. The molecule has 26 heavy (non-hydrogen) atoms. The minimum atomic E-state index is -0.0711. The van der Waals surface area contributed by atoms with Gasteiger partial charge in [-0.05, 0) is 24.3 Å². The number of methoxy groups -OCH3 is 1. The fourth-order valence-corrected chi connectivity index (χ4v) is 2.99. The van der Waals surface area contributed by atoms with Crippen molar-refractivity contribution < 1.29 is 14.2 Å². The number of hydrogen-bond acceptors (Lipinski definition) is 4. The van der Waals surface area contributed by atoms with Gasteiger partial charge in [0.15, 0.2) is 11.5 Å². The van der Waals surface area contributed by atoms with Crippen molar-refractivity contribution in [2.45, 2.75) is 26.2 Å². The summed E-state index contributed by atoms with van der Waals surface area (Å²) in [5.41, 5.74) is 2.86. The van der Waals surface area contributed by atoms with Crippen molar-refractivity contribution in [1.82, 2.24) is 9.55 Å². The van der Waals surface area contributed by atoms with E-state index in [-0.39, 0.29) is 12.2 Å². The maximum Gasteiger partial charge on any atom is 0.231 e. The van der Waals surface area contributed by atoms with Crippen LogP contribution in [-0.4, -0.2) is 23.5 Å². The number of aromatic nitrogens is 2. The first kappa shape index (κ1) is 16.5. The monoisotopic (exact) mass is 350 g/mol. The van der Waals surface area contributed by atoms with E-state index in [1.807, 2.05) is 42.5 Å². The highest BCUT2D eigenvalue weighted by atomic mass is 16.7. The van der Waals surface area contributed by atoms with Crippen LogP contribution < -0.4 is 14.2 Å². The molecule has 2 heterocycles. The van der Waals surface area contributed by atoms with E-state index in [1.165, 1.54) is 0 Å². The van der Waals surface area contributed by atoms with E-state index in [2.05, 4.69) is 31.5 Å². The Morgan fingerprint density at radius 2 is 1.81 bits per heavy atom. The molecule has 1 aliphatic heterocycles. The molecule has 0 N–H and O–H groups in total. The zero-order valence-corrected chi connectivity index (χ0v) is 15.4. The van der Waals surface area contributed by atoms with E-state index in [9.17, 15) is 0 Å². The molecule has 2 aromatic carbocycles. The Morgan fingerprint density at radius 3 is 2.58 bits per heavy atom. The summed E-state index contributed by atoms with van der Waals surface area (Å²) in [5.74, 6) is 3.15. The molecule has 134 valence electrons. The average Bonchev–Trinajstić information content (AvgIpc) is 3.27. The molecule has 0 unspecified atom stereocenters. The van der Waals surface area contributed by atoms with Crippen LogP contribution in [0.25, 0.3) is 17.1 Å². The molecule has 0 amide bonds. The molecule has 0 atom stereocenters.